The summed E-state index contributed by atoms with van der Waals surface area (Å²) in [7, 11) is -3.13. The Morgan fingerprint density at radius 1 is 1.33 bits per heavy atom. The zero-order chi connectivity index (χ0) is 15.7. The van der Waals surface area contributed by atoms with Crippen molar-refractivity contribution in [2.24, 2.45) is 0 Å². The van der Waals surface area contributed by atoms with E-state index in [1.54, 1.807) is 0 Å². The van der Waals surface area contributed by atoms with Gasteiger partial charge in [-0.05, 0) is 31.0 Å². The van der Waals surface area contributed by atoms with Crippen LogP contribution in [0, 0.1) is 5.82 Å². The van der Waals surface area contributed by atoms with Crippen LogP contribution in [0.1, 0.15) is 12.8 Å². The van der Waals surface area contributed by atoms with Crippen LogP contribution in [0.25, 0.3) is 0 Å². The number of nitrogens with one attached hydrogen (secondary N) is 1. The van der Waals surface area contributed by atoms with Crippen molar-refractivity contribution >= 4 is 29.8 Å². The minimum atomic E-state index is -4.12. The van der Waals surface area contributed by atoms with Crippen molar-refractivity contribution in [1.29, 1.82) is 0 Å². The average molecular weight is 358 g/mol. The summed E-state index contributed by atoms with van der Waals surface area (Å²) in [5.41, 5.74) is 0. The molecule has 1 heterocycles. The van der Waals surface area contributed by atoms with E-state index in [0.717, 1.165) is 25.0 Å². The summed E-state index contributed by atoms with van der Waals surface area (Å²) in [5, 5.41) is 0. The van der Waals surface area contributed by atoms with Gasteiger partial charge in [-0.15, -0.1) is 0 Å². The lowest BCUT2D eigenvalue weighted by atomic mass is 10.2. The van der Waals surface area contributed by atoms with E-state index in [1.807, 2.05) is 0 Å². The second-order valence-electron chi connectivity index (χ2n) is 4.52. The maximum Gasteiger partial charge on any atom is 0.261 e. The number of sulfonamides is 1. The quantitative estimate of drug-likeness (QED) is 0.800. The molecule has 0 saturated carbocycles. The van der Waals surface area contributed by atoms with Gasteiger partial charge in [-0.1, -0.05) is 0 Å². The number of halogens is 2. The van der Waals surface area contributed by atoms with Crippen LogP contribution in [0.2, 0.25) is 0 Å². The third-order valence-electron chi connectivity index (χ3n) is 3.00. The smallest absolute Gasteiger partial charge is 0.261 e. The standard InChI is InChI=1S/C11H13ClFNO5S2/c12-20(15,16)9-3-4-11(10(13)6-9)21(17,18)14-7-8-2-1-5-19-8/h3-4,6,8,14H,1-2,5,7H2. The lowest BCUT2D eigenvalue weighted by Gasteiger charge is -2.12. The second kappa shape index (κ2) is 6.17. The van der Waals surface area contributed by atoms with Crippen LogP contribution >= 0.6 is 10.7 Å². The lowest BCUT2D eigenvalue weighted by molar-refractivity contribution is 0.114. The zero-order valence-corrected chi connectivity index (χ0v) is 13.1. The van der Waals surface area contributed by atoms with E-state index in [2.05, 4.69) is 4.72 Å². The molecule has 1 N–H and O–H groups in total. The van der Waals surface area contributed by atoms with Gasteiger partial charge in [-0.3, -0.25) is 0 Å². The molecule has 1 aliphatic heterocycles. The maximum atomic E-state index is 13.8. The SMILES string of the molecule is O=S(=O)(Cl)c1ccc(S(=O)(=O)NCC2CCCO2)c(F)c1. The predicted molar refractivity (Wildman–Crippen MR) is 73.6 cm³/mol. The Morgan fingerprint density at radius 3 is 2.57 bits per heavy atom. The van der Waals surface area contributed by atoms with Crippen molar-refractivity contribution in [3.8, 4) is 0 Å². The molecule has 1 aromatic carbocycles. The molecule has 0 aromatic heterocycles. The largest absolute Gasteiger partial charge is 0.377 e. The van der Waals surface area contributed by atoms with Gasteiger partial charge in [0, 0.05) is 23.8 Å². The molecular formula is C11H13ClFNO5S2. The van der Waals surface area contributed by atoms with Gasteiger partial charge in [0.2, 0.25) is 10.0 Å². The molecule has 1 unspecified atom stereocenters. The summed E-state index contributed by atoms with van der Waals surface area (Å²) in [6.45, 7) is 0.611. The first-order chi connectivity index (χ1) is 9.70. The van der Waals surface area contributed by atoms with Crippen molar-refractivity contribution in [3.63, 3.8) is 0 Å². The van der Waals surface area contributed by atoms with Crippen LogP contribution in [0.4, 0.5) is 4.39 Å². The van der Waals surface area contributed by atoms with Gasteiger partial charge >= 0.3 is 0 Å². The summed E-state index contributed by atoms with van der Waals surface area (Å²) in [4.78, 5) is -1.13. The first-order valence-corrected chi connectivity index (χ1v) is 9.85. The third kappa shape index (κ3) is 4.13. The summed E-state index contributed by atoms with van der Waals surface area (Å²) in [5.74, 6) is -1.18. The monoisotopic (exact) mass is 357 g/mol. The van der Waals surface area contributed by atoms with Gasteiger partial charge in [0.05, 0.1) is 11.0 Å². The fourth-order valence-electron chi connectivity index (χ4n) is 1.94. The van der Waals surface area contributed by atoms with E-state index in [0.29, 0.717) is 12.7 Å². The molecule has 1 saturated heterocycles. The van der Waals surface area contributed by atoms with Crippen molar-refractivity contribution in [2.75, 3.05) is 13.2 Å². The predicted octanol–water partition coefficient (Wildman–Crippen LogP) is 1.21. The Labute approximate surface area is 126 Å². The molecule has 0 spiro atoms. The molecule has 0 bridgehead atoms. The molecular weight excluding hydrogens is 345 g/mol. The fourth-order valence-corrected chi connectivity index (χ4v) is 3.82. The lowest BCUT2D eigenvalue weighted by Crippen LogP contribution is -2.32. The first-order valence-electron chi connectivity index (χ1n) is 6.05. The van der Waals surface area contributed by atoms with Gasteiger partial charge in [0.1, 0.15) is 10.7 Å². The zero-order valence-electron chi connectivity index (χ0n) is 10.8. The third-order valence-corrected chi connectivity index (χ3v) is 5.81. The number of benzene rings is 1. The fraction of sp³-hybridized carbons (Fsp3) is 0.455. The Hall–Kier alpha value is -0.740. The Bertz CT molecular complexity index is 729. The topological polar surface area (TPSA) is 89.5 Å². The molecule has 6 nitrogen and oxygen atoms in total. The summed E-state index contributed by atoms with van der Waals surface area (Å²) >= 11 is 0. The summed E-state index contributed by atoms with van der Waals surface area (Å²) < 4.78 is 67.4. The highest BCUT2D eigenvalue weighted by Gasteiger charge is 2.24. The molecule has 21 heavy (non-hydrogen) atoms. The number of hydrogen-bond acceptors (Lipinski definition) is 5. The average Bonchev–Trinajstić information content (AvgIpc) is 2.88. The minimum absolute atomic E-state index is 0.0390. The molecule has 0 radical (unpaired) electrons. The molecule has 1 fully saturated rings. The highest BCUT2D eigenvalue weighted by Crippen LogP contribution is 2.21. The summed E-state index contributed by atoms with van der Waals surface area (Å²) in [6, 6.07) is 2.37. The number of hydrogen-bond donors (Lipinski definition) is 1. The van der Waals surface area contributed by atoms with E-state index >= 15 is 0 Å². The van der Waals surface area contributed by atoms with E-state index < -0.39 is 34.7 Å². The maximum absolute atomic E-state index is 13.8. The van der Waals surface area contributed by atoms with E-state index in [9.17, 15) is 21.2 Å². The van der Waals surface area contributed by atoms with Gasteiger partial charge < -0.3 is 4.74 Å². The van der Waals surface area contributed by atoms with Crippen LogP contribution in [-0.4, -0.2) is 36.1 Å². The molecule has 118 valence electrons. The van der Waals surface area contributed by atoms with E-state index in [4.69, 9.17) is 15.4 Å². The van der Waals surface area contributed by atoms with Crippen LogP contribution in [0.15, 0.2) is 28.0 Å². The van der Waals surface area contributed by atoms with Crippen molar-refractivity contribution in [2.45, 2.75) is 28.7 Å². The molecule has 10 heteroatoms. The van der Waals surface area contributed by atoms with Crippen LogP contribution in [0.5, 0.6) is 0 Å². The Kier molecular flexibility index (Phi) is 4.89. The van der Waals surface area contributed by atoms with Crippen LogP contribution in [-0.2, 0) is 23.8 Å². The van der Waals surface area contributed by atoms with Crippen LogP contribution < -0.4 is 4.72 Å². The molecule has 0 aliphatic carbocycles. The first kappa shape index (κ1) is 16.6. The van der Waals surface area contributed by atoms with Crippen molar-refractivity contribution in [1.82, 2.24) is 4.72 Å². The molecule has 1 aliphatic rings. The molecule has 2 rings (SSSR count). The minimum Gasteiger partial charge on any atom is -0.377 e. The second-order valence-corrected chi connectivity index (χ2v) is 8.82. The van der Waals surface area contributed by atoms with Gasteiger partial charge in [0.25, 0.3) is 9.05 Å². The Balaban J connectivity index is 2.19. The van der Waals surface area contributed by atoms with E-state index in [-0.39, 0.29) is 12.6 Å². The Morgan fingerprint density at radius 2 is 2.05 bits per heavy atom. The van der Waals surface area contributed by atoms with Gasteiger partial charge in [-0.2, -0.15) is 0 Å². The van der Waals surface area contributed by atoms with E-state index in [1.165, 1.54) is 0 Å². The van der Waals surface area contributed by atoms with Crippen LogP contribution in [0.3, 0.4) is 0 Å². The highest BCUT2D eigenvalue weighted by molar-refractivity contribution is 8.13. The van der Waals surface area contributed by atoms with Gasteiger partial charge in [0.15, 0.2) is 0 Å². The highest BCUT2D eigenvalue weighted by atomic mass is 35.7. The van der Waals surface area contributed by atoms with Crippen molar-refractivity contribution in [3.05, 3.63) is 24.0 Å². The molecule has 1 aromatic rings. The molecule has 1 atom stereocenters. The molecule has 0 amide bonds. The number of ether oxygens (including phenoxy) is 1. The number of rotatable bonds is 5. The van der Waals surface area contributed by atoms with Gasteiger partial charge in [-0.25, -0.2) is 25.9 Å². The van der Waals surface area contributed by atoms with Crippen molar-refractivity contribution < 1.29 is 26.0 Å². The summed E-state index contributed by atoms with van der Waals surface area (Å²) in [6.07, 6.45) is 1.35. The normalized spacial score (nSPS) is 19.8.